The summed E-state index contributed by atoms with van der Waals surface area (Å²) < 4.78 is 1.65. The number of nitrogens with one attached hydrogen (secondary N) is 2. The number of thioether (sulfide) groups is 2. The molecule has 2 atom stereocenters. The Morgan fingerprint density at radius 2 is 1.15 bits per heavy atom. The van der Waals surface area contributed by atoms with Gasteiger partial charge in [0, 0.05) is 32.7 Å². The van der Waals surface area contributed by atoms with Gasteiger partial charge in [-0.05, 0) is 28.8 Å². The standard InChI is InChI=1S/C57H42N6O5S4/c64-50(60-48-51(65)63-49(53(66)67)46(36-69-52(48)63)72-55-59-43-33-19-20-34-45(43)71-55)47(62-68-57(40-27-13-4-14-28-40,41-29-15-5-16-30-41)42-31-17-6-18-32-42)44-35-70-54(58-44)61-56(37-21-7-1-8-22-37,38-23-9-2-10-24-38)39-25-11-3-12-26-39/h1-35,48,52H,36H2,(H,58,61)(H,60,64)(H,66,67)/b62-47-/t48?,52-/m0/s1. The number of aromatic nitrogens is 2. The van der Waals surface area contributed by atoms with E-state index in [9.17, 15) is 14.7 Å². The number of carbonyl (C=O) groups excluding carboxylic acids is 2. The lowest BCUT2D eigenvalue weighted by Crippen LogP contribution is -2.71. The van der Waals surface area contributed by atoms with Gasteiger partial charge in [-0.25, -0.2) is 14.8 Å². The summed E-state index contributed by atoms with van der Waals surface area (Å²) in [6.45, 7) is 0. The molecule has 0 aliphatic carbocycles. The fraction of sp³-hybridized carbons (Fsp3) is 0.0877. The number of aliphatic carboxylic acids is 1. The van der Waals surface area contributed by atoms with Gasteiger partial charge < -0.3 is 20.6 Å². The first-order chi connectivity index (χ1) is 35.3. The predicted octanol–water partition coefficient (Wildman–Crippen LogP) is 11.4. The lowest BCUT2D eigenvalue weighted by molar-refractivity contribution is -0.150. The van der Waals surface area contributed by atoms with E-state index in [2.05, 4.69) is 47.0 Å². The highest BCUT2D eigenvalue weighted by Gasteiger charge is 2.55. The van der Waals surface area contributed by atoms with Crippen LogP contribution in [-0.2, 0) is 30.4 Å². The van der Waals surface area contributed by atoms with Crippen LogP contribution in [0.25, 0.3) is 10.2 Å². The highest BCUT2D eigenvalue weighted by molar-refractivity contribution is 8.07. The second-order valence-electron chi connectivity index (χ2n) is 16.8. The van der Waals surface area contributed by atoms with E-state index < -0.39 is 40.3 Å². The summed E-state index contributed by atoms with van der Waals surface area (Å²) in [6, 6.07) is 66.0. The van der Waals surface area contributed by atoms with Crippen molar-refractivity contribution in [2.24, 2.45) is 5.16 Å². The number of β-lactam (4-membered cyclic amide) rings is 1. The number of fused-ring (bicyclic) bond motifs is 2. The lowest BCUT2D eigenvalue weighted by Gasteiger charge is -2.49. The molecule has 7 aromatic carbocycles. The Kier molecular flexibility index (Phi) is 13.0. The van der Waals surface area contributed by atoms with Gasteiger partial charge in [0.1, 0.15) is 28.3 Å². The molecule has 1 saturated heterocycles. The second-order valence-corrected chi connectivity index (χ2v) is 21.1. The number of hydrogen-bond acceptors (Lipinski definition) is 12. The minimum atomic E-state index is -1.36. The Balaban J connectivity index is 0.992. The predicted molar refractivity (Wildman–Crippen MR) is 287 cm³/mol. The van der Waals surface area contributed by atoms with E-state index in [4.69, 9.17) is 20.0 Å². The zero-order valence-corrected chi connectivity index (χ0v) is 41.3. The van der Waals surface area contributed by atoms with Crippen molar-refractivity contribution in [1.29, 1.82) is 0 Å². The van der Waals surface area contributed by atoms with Crippen LogP contribution >= 0.6 is 46.2 Å². The average Bonchev–Trinajstić information content (AvgIpc) is 4.08. The number of carboxylic acid groups (broad SMARTS) is 1. The first-order valence-electron chi connectivity index (χ1n) is 22.9. The maximum absolute atomic E-state index is 15.2. The SMILES string of the molecule is O=C(O)C1=C(Sc2nc3ccccc3s2)CS[C@H]2C(NC(=O)/C(=N\OC(c3ccccc3)(c3ccccc3)c3ccccc3)c3csc(NC(c4ccccc4)(c4ccccc4)c4ccccc4)n3)C(=O)N12. The molecule has 354 valence electrons. The molecule has 1 fully saturated rings. The maximum Gasteiger partial charge on any atom is 0.353 e. The number of carbonyl (C=O) groups is 3. The van der Waals surface area contributed by atoms with Gasteiger partial charge in [0.15, 0.2) is 15.2 Å². The summed E-state index contributed by atoms with van der Waals surface area (Å²) in [5, 5.41) is 23.7. The first kappa shape index (κ1) is 46.6. The lowest BCUT2D eigenvalue weighted by atomic mass is 9.77. The Hall–Kier alpha value is -7.82. The van der Waals surface area contributed by atoms with Crippen molar-refractivity contribution in [3.8, 4) is 0 Å². The molecule has 1 unspecified atom stereocenters. The highest BCUT2D eigenvalue weighted by atomic mass is 32.2. The van der Waals surface area contributed by atoms with E-state index >= 15 is 4.79 Å². The quantitative estimate of drug-likeness (QED) is 0.0370. The van der Waals surface area contributed by atoms with E-state index in [1.165, 1.54) is 51.1 Å². The molecule has 72 heavy (non-hydrogen) atoms. The summed E-state index contributed by atoms with van der Waals surface area (Å²) in [5.41, 5.74) is 3.52. The van der Waals surface area contributed by atoms with Crippen LogP contribution in [0.5, 0.6) is 0 Å². The molecule has 9 aromatic rings. The largest absolute Gasteiger partial charge is 0.477 e. The molecule has 0 spiro atoms. The molecule has 2 aliphatic heterocycles. The van der Waals surface area contributed by atoms with Gasteiger partial charge in [-0.15, -0.1) is 34.4 Å². The number of para-hydroxylation sites is 1. The zero-order chi connectivity index (χ0) is 49.1. The number of amides is 2. The summed E-state index contributed by atoms with van der Waals surface area (Å²) >= 11 is 5.37. The third-order valence-electron chi connectivity index (χ3n) is 12.6. The molecule has 0 bridgehead atoms. The number of carboxylic acids is 1. The number of rotatable bonds is 16. The van der Waals surface area contributed by atoms with Crippen LogP contribution in [0.4, 0.5) is 5.13 Å². The Bertz CT molecular complexity index is 3240. The minimum absolute atomic E-state index is 0.122. The van der Waals surface area contributed by atoms with E-state index in [-0.39, 0.29) is 22.9 Å². The van der Waals surface area contributed by atoms with Gasteiger partial charge in [-0.1, -0.05) is 211 Å². The molecule has 0 radical (unpaired) electrons. The first-order valence-corrected chi connectivity index (χ1v) is 26.5. The Labute approximate surface area is 431 Å². The van der Waals surface area contributed by atoms with Gasteiger partial charge in [-0.2, -0.15) is 0 Å². The monoisotopic (exact) mass is 1020 g/mol. The van der Waals surface area contributed by atoms with Gasteiger partial charge in [0.05, 0.1) is 10.2 Å². The van der Waals surface area contributed by atoms with Crippen LogP contribution in [0.2, 0.25) is 0 Å². The normalized spacial score (nSPS) is 15.9. The third-order valence-corrected chi connectivity index (χ3v) is 17.0. The molecule has 2 aromatic heterocycles. The van der Waals surface area contributed by atoms with Crippen LogP contribution in [0.15, 0.2) is 232 Å². The van der Waals surface area contributed by atoms with Gasteiger partial charge in [0.2, 0.25) is 5.60 Å². The molecular weight excluding hydrogens is 977 g/mol. The van der Waals surface area contributed by atoms with Gasteiger partial charge in [-0.3, -0.25) is 14.5 Å². The van der Waals surface area contributed by atoms with E-state index in [0.717, 1.165) is 43.6 Å². The van der Waals surface area contributed by atoms with Crippen LogP contribution in [0.1, 0.15) is 39.1 Å². The molecular formula is C57H42N6O5S4. The highest BCUT2D eigenvalue weighted by Crippen LogP contribution is 2.47. The van der Waals surface area contributed by atoms with Gasteiger partial charge >= 0.3 is 5.97 Å². The topological polar surface area (TPSA) is 146 Å². The van der Waals surface area contributed by atoms with Crippen molar-refractivity contribution in [2.75, 3.05) is 11.1 Å². The minimum Gasteiger partial charge on any atom is -0.477 e. The Morgan fingerprint density at radius 3 is 1.65 bits per heavy atom. The fourth-order valence-corrected chi connectivity index (χ4v) is 13.7. The number of oxime groups is 1. The van der Waals surface area contributed by atoms with Crippen molar-refractivity contribution in [1.82, 2.24) is 20.2 Å². The second kappa shape index (κ2) is 20.1. The maximum atomic E-state index is 15.2. The molecule has 4 heterocycles. The molecule has 0 saturated carbocycles. The van der Waals surface area contributed by atoms with Crippen molar-refractivity contribution < 1.29 is 24.3 Å². The number of nitrogens with zero attached hydrogens (tertiary/aromatic N) is 4. The van der Waals surface area contributed by atoms with Crippen molar-refractivity contribution >= 4 is 85.0 Å². The molecule has 2 aliphatic rings. The van der Waals surface area contributed by atoms with Crippen LogP contribution in [0, 0.1) is 0 Å². The number of anilines is 1. The van der Waals surface area contributed by atoms with Crippen LogP contribution < -0.4 is 10.6 Å². The average molecular weight is 1020 g/mol. The third kappa shape index (κ3) is 8.63. The molecule has 2 amide bonds. The summed E-state index contributed by atoms with van der Waals surface area (Å²) in [5.74, 6) is -2.25. The van der Waals surface area contributed by atoms with Crippen LogP contribution in [-0.4, -0.2) is 60.6 Å². The van der Waals surface area contributed by atoms with Crippen molar-refractivity contribution in [3.63, 3.8) is 0 Å². The summed E-state index contributed by atoms with van der Waals surface area (Å²) in [7, 11) is 0. The number of benzene rings is 7. The number of thiazole rings is 2. The zero-order valence-electron chi connectivity index (χ0n) is 38.1. The molecule has 3 N–H and O–H groups in total. The van der Waals surface area contributed by atoms with Crippen molar-refractivity contribution in [2.45, 2.75) is 26.9 Å². The molecule has 15 heteroatoms. The van der Waals surface area contributed by atoms with E-state index in [1.807, 2.05) is 170 Å². The number of hydrogen-bond donors (Lipinski definition) is 3. The summed E-state index contributed by atoms with van der Waals surface area (Å²) in [4.78, 5) is 60.9. The summed E-state index contributed by atoms with van der Waals surface area (Å²) in [6.07, 6.45) is 0. The Morgan fingerprint density at radius 1 is 0.667 bits per heavy atom. The molecule has 11 nitrogen and oxygen atoms in total. The van der Waals surface area contributed by atoms with Gasteiger partial charge in [0.25, 0.3) is 11.8 Å². The smallest absolute Gasteiger partial charge is 0.353 e. The van der Waals surface area contributed by atoms with Crippen LogP contribution in [0.3, 0.4) is 0 Å². The van der Waals surface area contributed by atoms with Crippen molar-refractivity contribution in [3.05, 3.63) is 261 Å². The molecule has 11 rings (SSSR count). The fourth-order valence-electron chi connectivity index (χ4n) is 9.26. The van der Waals surface area contributed by atoms with E-state index in [0.29, 0.717) is 14.4 Å². The van der Waals surface area contributed by atoms with E-state index in [1.54, 1.807) is 5.38 Å².